The molecule has 0 bridgehead atoms. The largest absolute Gasteiger partial charge is 0.381 e. The first-order valence-electron chi connectivity index (χ1n) is 8.35. The zero-order valence-corrected chi connectivity index (χ0v) is 15.7. The molecule has 1 fully saturated rings. The molecule has 2 aromatic rings. The van der Waals surface area contributed by atoms with Crippen molar-refractivity contribution in [3.8, 4) is 10.6 Å². The van der Waals surface area contributed by atoms with E-state index in [1.807, 2.05) is 23.6 Å². The summed E-state index contributed by atoms with van der Waals surface area (Å²) in [5.74, 6) is 0.156. The fraction of sp³-hybridized carbons (Fsp3) is 0.444. The highest BCUT2D eigenvalue weighted by Gasteiger charge is 2.26. The van der Waals surface area contributed by atoms with Crippen molar-refractivity contribution in [3.05, 3.63) is 41.4 Å². The van der Waals surface area contributed by atoms with Gasteiger partial charge in [0.2, 0.25) is 5.91 Å². The normalized spacial score (nSPS) is 16.0. The third-order valence-electron chi connectivity index (χ3n) is 4.33. The minimum Gasteiger partial charge on any atom is -0.381 e. The molecule has 0 aliphatic carbocycles. The summed E-state index contributed by atoms with van der Waals surface area (Å²) in [5, 5.41) is 6.00. The molecule has 1 aromatic heterocycles. The molecule has 1 atom stereocenters. The van der Waals surface area contributed by atoms with Crippen LogP contribution in [0.1, 0.15) is 18.5 Å². The van der Waals surface area contributed by atoms with Gasteiger partial charge in [0.1, 0.15) is 5.01 Å². The molecule has 1 amide bonds. The molecule has 1 aliphatic rings. The number of hydrogen-bond donors (Lipinski definition) is 2. The number of nitrogens with one attached hydrogen (secondary N) is 1. The Hall–Kier alpha value is -1.47. The molecule has 1 aromatic carbocycles. The number of rotatable bonds is 6. The highest BCUT2D eigenvalue weighted by molar-refractivity contribution is 7.13. The van der Waals surface area contributed by atoms with Crippen molar-refractivity contribution in [1.82, 2.24) is 10.3 Å². The van der Waals surface area contributed by atoms with Crippen LogP contribution in [0.5, 0.6) is 0 Å². The number of amides is 1. The van der Waals surface area contributed by atoms with Crippen LogP contribution in [0.3, 0.4) is 0 Å². The lowest BCUT2D eigenvalue weighted by atomic mass is 9.92. The monoisotopic (exact) mass is 381 g/mol. The second-order valence-corrected chi connectivity index (χ2v) is 6.88. The summed E-state index contributed by atoms with van der Waals surface area (Å²) in [5.41, 5.74) is 8.19. The average molecular weight is 382 g/mol. The fourth-order valence-corrected chi connectivity index (χ4v) is 3.72. The van der Waals surface area contributed by atoms with Crippen LogP contribution < -0.4 is 11.1 Å². The minimum atomic E-state index is -0.441. The third-order valence-corrected chi connectivity index (χ3v) is 5.27. The van der Waals surface area contributed by atoms with Gasteiger partial charge < -0.3 is 15.8 Å². The molecule has 5 nitrogen and oxygen atoms in total. The molecule has 0 radical (unpaired) electrons. The van der Waals surface area contributed by atoms with Crippen molar-refractivity contribution in [2.75, 3.05) is 19.8 Å². The van der Waals surface area contributed by atoms with E-state index < -0.39 is 6.04 Å². The quantitative estimate of drug-likeness (QED) is 0.806. The molecule has 1 aliphatic heterocycles. The Balaban J connectivity index is 0.00000225. The highest BCUT2D eigenvalue weighted by Crippen LogP contribution is 2.23. The molecule has 2 heterocycles. The van der Waals surface area contributed by atoms with Crippen LogP contribution in [0.25, 0.3) is 10.6 Å². The maximum absolute atomic E-state index is 12.2. The van der Waals surface area contributed by atoms with Gasteiger partial charge in [-0.2, -0.15) is 0 Å². The molecule has 1 unspecified atom stereocenters. The number of ether oxygens (including phenoxy) is 1. The summed E-state index contributed by atoms with van der Waals surface area (Å²) >= 11 is 1.63. The van der Waals surface area contributed by atoms with Gasteiger partial charge >= 0.3 is 0 Å². The SMILES string of the molecule is Cl.NC(C(=O)NCCc1csc(-c2ccccc2)n1)C1CCOCC1. The van der Waals surface area contributed by atoms with Crippen LogP contribution in [0, 0.1) is 5.92 Å². The summed E-state index contributed by atoms with van der Waals surface area (Å²) in [7, 11) is 0. The maximum atomic E-state index is 12.2. The smallest absolute Gasteiger partial charge is 0.237 e. The number of aromatic nitrogens is 1. The molecular weight excluding hydrogens is 358 g/mol. The molecule has 1 saturated heterocycles. The van der Waals surface area contributed by atoms with E-state index in [-0.39, 0.29) is 24.2 Å². The van der Waals surface area contributed by atoms with Crippen LogP contribution in [0.2, 0.25) is 0 Å². The van der Waals surface area contributed by atoms with Crippen molar-refractivity contribution in [1.29, 1.82) is 0 Å². The number of benzene rings is 1. The van der Waals surface area contributed by atoms with Gasteiger partial charge in [0.25, 0.3) is 0 Å². The summed E-state index contributed by atoms with van der Waals surface area (Å²) in [4.78, 5) is 16.8. The Morgan fingerprint density at radius 2 is 2.04 bits per heavy atom. The van der Waals surface area contributed by atoms with E-state index in [0.29, 0.717) is 19.8 Å². The molecule has 0 saturated carbocycles. The number of hydrogen-bond acceptors (Lipinski definition) is 5. The molecule has 3 N–H and O–H groups in total. The number of carbonyl (C=O) groups is 1. The van der Waals surface area contributed by atoms with Crippen molar-refractivity contribution in [2.45, 2.75) is 25.3 Å². The van der Waals surface area contributed by atoms with Gasteiger partial charge in [-0.05, 0) is 18.8 Å². The predicted octanol–water partition coefficient (Wildman–Crippen LogP) is 2.64. The lowest BCUT2D eigenvalue weighted by molar-refractivity contribution is -0.124. The van der Waals surface area contributed by atoms with E-state index in [4.69, 9.17) is 10.5 Å². The molecule has 3 rings (SSSR count). The topological polar surface area (TPSA) is 77.2 Å². The summed E-state index contributed by atoms with van der Waals surface area (Å²) in [6.07, 6.45) is 2.44. The molecule has 0 spiro atoms. The average Bonchev–Trinajstić information content (AvgIpc) is 3.11. The van der Waals surface area contributed by atoms with E-state index in [9.17, 15) is 4.79 Å². The number of thiazole rings is 1. The van der Waals surface area contributed by atoms with Gasteiger partial charge in [0.05, 0.1) is 11.7 Å². The maximum Gasteiger partial charge on any atom is 0.237 e. The van der Waals surface area contributed by atoms with Gasteiger partial charge in [-0.15, -0.1) is 23.7 Å². The summed E-state index contributed by atoms with van der Waals surface area (Å²) in [6, 6.07) is 9.68. The summed E-state index contributed by atoms with van der Waals surface area (Å²) in [6.45, 7) is 1.97. The van der Waals surface area contributed by atoms with E-state index >= 15 is 0 Å². The Morgan fingerprint density at radius 3 is 2.76 bits per heavy atom. The first-order chi connectivity index (χ1) is 11.7. The van der Waals surface area contributed by atoms with Gasteiger partial charge in [0.15, 0.2) is 0 Å². The van der Waals surface area contributed by atoms with Gasteiger partial charge in [-0.3, -0.25) is 4.79 Å². The Bertz CT molecular complexity index is 659. The zero-order chi connectivity index (χ0) is 16.8. The highest BCUT2D eigenvalue weighted by atomic mass is 35.5. The van der Waals surface area contributed by atoms with Crippen molar-refractivity contribution in [3.63, 3.8) is 0 Å². The van der Waals surface area contributed by atoms with Gasteiger partial charge in [0, 0.05) is 37.1 Å². The number of halogens is 1. The molecule has 136 valence electrons. The Morgan fingerprint density at radius 1 is 1.32 bits per heavy atom. The van der Waals surface area contributed by atoms with E-state index in [2.05, 4.69) is 22.4 Å². The van der Waals surface area contributed by atoms with Crippen LogP contribution in [-0.4, -0.2) is 36.7 Å². The first kappa shape index (κ1) is 19.8. The molecule has 25 heavy (non-hydrogen) atoms. The number of nitrogens with two attached hydrogens (primary N) is 1. The predicted molar refractivity (Wildman–Crippen MR) is 103 cm³/mol. The van der Waals surface area contributed by atoms with Crippen LogP contribution in [0.4, 0.5) is 0 Å². The lowest BCUT2D eigenvalue weighted by Gasteiger charge is -2.26. The number of nitrogens with zero attached hydrogens (tertiary/aromatic N) is 1. The standard InChI is InChI=1S/C18H23N3O2S.ClH/c19-16(13-7-10-23-11-8-13)17(22)20-9-6-15-12-24-18(21-15)14-4-2-1-3-5-14;/h1-5,12-13,16H,6-11,19H2,(H,20,22);1H. The van der Waals surface area contributed by atoms with Crippen molar-refractivity contribution >= 4 is 29.7 Å². The van der Waals surface area contributed by atoms with Crippen molar-refractivity contribution in [2.24, 2.45) is 11.7 Å². The van der Waals surface area contributed by atoms with Gasteiger partial charge in [-0.1, -0.05) is 30.3 Å². The minimum absolute atomic E-state index is 0. The van der Waals surface area contributed by atoms with E-state index in [0.717, 1.165) is 35.5 Å². The van der Waals surface area contributed by atoms with Gasteiger partial charge in [-0.25, -0.2) is 4.98 Å². The zero-order valence-electron chi connectivity index (χ0n) is 14.0. The Labute approximate surface area is 158 Å². The molecular formula is C18H24ClN3O2S. The first-order valence-corrected chi connectivity index (χ1v) is 9.23. The fourth-order valence-electron chi connectivity index (χ4n) is 2.86. The lowest BCUT2D eigenvalue weighted by Crippen LogP contribution is -2.47. The molecule has 7 heteroatoms. The third kappa shape index (κ3) is 5.51. The second-order valence-electron chi connectivity index (χ2n) is 6.03. The Kier molecular flexibility index (Phi) is 7.84. The van der Waals surface area contributed by atoms with E-state index in [1.165, 1.54) is 0 Å². The van der Waals surface area contributed by atoms with E-state index in [1.54, 1.807) is 11.3 Å². The van der Waals surface area contributed by atoms with Crippen LogP contribution in [-0.2, 0) is 16.0 Å². The number of carbonyl (C=O) groups excluding carboxylic acids is 1. The second kappa shape index (κ2) is 9.87. The van der Waals surface area contributed by atoms with Crippen LogP contribution in [0.15, 0.2) is 35.7 Å². The van der Waals surface area contributed by atoms with Crippen molar-refractivity contribution < 1.29 is 9.53 Å². The summed E-state index contributed by atoms with van der Waals surface area (Å²) < 4.78 is 5.31. The van der Waals surface area contributed by atoms with Crippen LogP contribution >= 0.6 is 23.7 Å².